The third kappa shape index (κ3) is 4.32. The van der Waals surface area contributed by atoms with Crippen LogP contribution in [-0.2, 0) is 11.2 Å². The van der Waals surface area contributed by atoms with Gasteiger partial charge in [-0.15, -0.1) is 0 Å². The summed E-state index contributed by atoms with van der Waals surface area (Å²) in [7, 11) is 0. The largest absolute Gasteiger partial charge is 0.347 e. The lowest BCUT2D eigenvalue weighted by Crippen LogP contribution is -2.60. The van der Waals surface area contributed by atoms with Gasteiger partial charge in [-0.25, -0.2) is 9.18 Å². The lowest BCUT2D eigenvalue weighted by molar-refractivity contribution is -0.125. The van der Waals surface area contributed by atoms with Gasteiger partial charge in [-0.05, 0) is 68.0 Å². The molecular formula is C29H33FN4O2. The molecule has 0 spiro atoms. The van der Waals surface area contributed by atoms with Gasteiger partial charge in [0.05, 0.1) is 11.6 Å². The minimum absolute atomic E-state index is 0.0670. The normalized spacial score (nSPS) is 27.7. The van der Waals surface area contributed by atoms with Gasteiger partial charge in [-0.3, -0.25) is 9.69 Å². The lowest BCUT2D eigenvalue weighted by Gasteiger charge is -2.43. The van der Waals surface area contributed by atoms with E-state index < -0.39 is 11.6 Å². The van der Waals surface area contributed by atoms with Crippen LogP contribution in [0.5, 0.6) is 0 Å². The Labute approximate surface area is 211 Å². The summed E-state index contributed by atoms with van der Waals surface area (Å²) in [6.07, 6.45) is 9.59. The molecule has 2 unspecified atom stereocenters. The van der Waals surface area contributed by atoms with Gasteiger partial charge in [0.2, 0.25) is 5.91 Å². The van der Waals surface area contributed by atoms with Crippen molar-refractivity contribution in [3.05, 3.63) is 95.5 Å². The molecule has 36 heavy (non-hydrogen) atoms. The average Bonchev–Trinajstić information content (AvgIpc) is 3.49. The smallest absolute Gasteiger partial charge is 0.325 e. The van der Waals surface area contributed by atoms with Crippen LogP contribution >= 0.6 is 0 Å². The van der Waals surface area contributed by atoms with E-state index in [1.54, 1.807) is 34.2 Å². The maximum Gasteiger partial charge on any atom is 0.325 e. The van der Waals surface area contributed by atoms with E-state index in [0.29, 0.717) is 13.0 Å². The predicted molar refractivity (Wildman–Crippen MR) is 137 cm³/mol. The number of nitrogens with one attached hydrogen (secondary N) is 1. The summed E-state index contributed by atoms with van der Waals surface area (Å²) >= 11 is 0. The van der Waals surface area contributed by atoms with Gasteiger partial charge in [0.1, 0.15) is 11.9 Å². The number of aryl methyl sites for hydroxylation is 1. The van der Waals surface area contributed by atoms with E-state index in [1.165, 1.54) is 17.7 Å². The molecule has 0 saturated carbocycles. The summed E-state index contributed by atoms with van der Waals surface area (Å²) in [5, 5.41) is 3.22. The van der Waals surface area contributed by atoms with Crippen molar-refractivity contribution in [1.29, 1.82) is 0 Å². The van der Waals surface area contributed by atoms with Crippen molar-refractivity contribution in [2.45, 2.75) is 62.7 Å². The van der Waals surface area contributed by atoms with E-state index in [9.17, 15) is 14.0 Å². The number of carbonyl (C=O) groups excluding carboxylic acids is 2. The summed E-state index contributed by atoms with van der Waals surface area (Å²) in [5.41, 5.74) is 8.89. The highest BCUT2D eigenvalue weighted by molar-refractivity contribution is 5.89. The number of hydrogen-bond donors (Lipinski definition) is 2. The highest BCUT2D eigenvalue weighted by atomic mass is 19.1. The number of nitrogens with two attached hydrogens (primary N) is 1. The van der Waals surface area contributed by atoms with Crippen LogP contribution in [0.1, 0.15) is 55.3 Å². The molecule has 2 aliphatic heterocycles. The van der Waals surface area contributed by atoms with Gasteiger partial charge in [0.15, 0.2) is 0 Å². The standard InChI is InChI=1S/C29H33FN4O2/c1-19(31)29(2)15-5-6-16-34(29)28(36)33-18-22(20-9-12-23(30)13-10-20)17-26(33)27(35)32-25-14-11-21-7-3-4-8-24(21)25/h3-10,12-13,15-16,19,22,25-26H,11,14,17-18,31H2,1-2H3,(H,32,35)/t19?,22-,25+,26-,29?/m0/s1. The zero-order chi connectivity index (χ0) is 25.4. The Morgan fingerprint density at radius 1 is 1.14 bits per heavy atom. The third-order valence-electron chi connectivity index (χ3n) is 8.07. The molecular weight excluding hydrogens is 455 g/mol. The van der Waals surface area contributed by atoms with Crippen molar-refractivity contribution in [3.8, 4) is 0 Å². The second-order valence-electron chi connectivity index (χ2n) is 10.3. The highest BCUT2D eigenvalue weighted by Crippen LogP contribution is 2.37. The molecule has 1 saturated heterocycles. The molecule has 2 aromatic carbocycles. The van der Waals surface area contributed by atoms with Gasteiger partial charge < -0.3 is 16.0 Å². The maximum atomic E-state index is 14.0. The minimum atomic E-state index is -0.717. The van der Waals surface area contributed by atoms with Gasteiger partial charge in [0.25, 0.3) is 0 Å². The van der Waals surface area contributed by atoms with E-state index in [2.05, 4.69) is 17.4 Å². The van der Waals surface area contributed by atoms with Crippen LogP contribution in [0.25, 0.3) is 0 Å². The number of hydrogen-bond acceptors (Lipinski definition) is 3. The Bertz CT molecular complexity index is 1210. The van der Waals surface area contributed by atoms with E-state index in [0.717, 1.165) is 24.0 Å². The van der Waals surface area contributed by atoms with E-state index in [-0.39, 0.29) is 35.8 Å². The van der Waals surface area contributed by atoms with E-state index in [4.69, 9.17) is 5.73 Å². The molecule has 6 nitrogen and oxygen atoms in total. The molecule has 0 aromatic heterocycles. The Hall–Kier alpha value is -3.45. The second-order valence-corrected chi connectivity index (χ2v) is 10.3. The Morgan fingerprint density at radius 3 is 2.64 bits per heavy atom. The van der Waals surface area contributed by atoms with Gasteiger partial charge in [-0.1, -0.05) is 48.6 Å². The molecule has 0 radical (unpaired) electrons. The number of urea groups is 1. The van der Waals surface area contributed by atoms with Crippen molar-refractivity contribution in [1.82, 2.24) is 15.1 Å². The molecule has 2 aromatic rings. The van der Waals surface area contributed by atoms with Crippen LogP contribution < -0.4 is 11.1 Å². The molecule has 188 valence electrons. The zero-order valence-corrected chi connectivity index (χ0v) is 20.7. The van der Waals surface area contributed by atoms with Crippen molar-refractivity contribution >= 4 is 11.9 Å². The molecule has 3 N–H and O–H groups in total. The van der Waals surface area contributed by atoms with Crippen LogP contribution in [-0.4, -0.2) is 45.9 Å². The van der Waals surface area contributed by atoms with Gasteiger partial charge in [-0.2, -0.15) is 0 Å². The maximum absolute atomic E-state index is 14.0. The molecule has 3 amide bonds. The molecule has 1 aliphatic carbocycles. The number of amides is 3. The van der Waals surface area contributed by atoms with Crippen LogP contribution in [0.2, 0.25) is 0 Å². The SMILES string of the molecule is CC(N)C1(C)C=CC=CN1C(=O)N1C[C@@H](c2ccc(F)cc2)C[C@H]1C(=O)N[C@@H]1CCc2ccccc21. The summed E-state index contributed by atoms with van der Waals surface area (Å²) in [6, 6.07) is 13.2. The average molecular weight is 489 g/mol. The fourth-order valence-electron chi connectivity index (χ4n) is 5.65. The van der Waals surface area contributed by atoms with E-state index in [1.807, 2.05) is 38.1 Å². The lowest BCUT2D eigenvalue weighted by atomic mass is 9.90. The van der Waals surface area contributed by atoms with Crippen molar-refractivity contribution in [2.75, 3.05) is 6.54 Å². The minimum Gasteiger partial charge on any atom is -0.347 e. The first-order valence-electron chi connectivity index (χ1n) is 12.6. The molecule has 2 heterocycles. The topological polar surface area (TPSA) is 78.7 Å². The van der Waals surface area contributed by atoms with Crippen LogP contribution in [0.15, 0.2) is 73.0 Å². The number of fused-ring (bicyclic) bond motifs is 1. The summed E-state index contributed by atoms with van der Waals surface area (Å²) < 4.78 is 13.6. The summed E-state index contributed by atoms with van der Waals surface area (Å²) in [4.78, 5) is 31.0. The molecule has 5 rings (SSSR count). The first kappa shape index (κ1) is 24.3. The van der Waals surface area contributed by atoms with E-state index >= 15 is 0 Å². The van der Waals surface area contributed by atoms with Gasteiger partial charge >= 0.3 is 6.03 Å². The van der Waals surface area contributed by atoms with Crippen LogP contribution in [0, 0.1) is 5.82 Å². The monoisotopic (exact) mass is 488 g/mol. The van der Waals surface area contributed by atoms with Crippen molar-refractivity contribution in [2.24, 2.45) is 5.73 Å². The van der Waals surface area contributed by atoms with Crippen LogP contribution in [0.3, 0.4) is 0 Å². The van der Waals surface area contributed by atoms with Crippen molar-refractivity contribution < 1.29 is 14.0 Å². The number of nitrogens with zero attached hydrogens (tertiary/aromatic N) is 2. The second kappa shape index (κ2) is 9.54. The van der Waals surface area contributed by atoms with Crippen molar-refractivity contribution in [3.63, 3.8) is 0 Å². The molecule has 3 aliphatic rings. The quantitative estimate of drug-likeness (QED) is 0.670. The fraction of sp³-hybridized carbons (Fsp3) is 0.379. The molecule has 5 atom stereocenters. The molecule has 1 fully saturated rings. The first-order chi connectivity index (χ1) is 17.3. The fourth-order valence-corrected chi connectivity index (χ4v) is 5.65. The Morgan fingerprint density at radius 2 is 1.89 bits per heavy atom. The first-order valence-corrected chi connectivity index (χ1v) is 12.6. The number of likely N-dealkylation sites (tertiary alicyclic amines) is 1. The number of benzene rings is 2. The Balaban J connectivity index is 1.42. The number of carbonyl (C=O) groups is 2. The molecule has 0 bridgehead atoms. The van der Waals surface area contributed by atoms with Crippen LogP contribution in [0.4, 0.5) is 9.18 Å². The summed E-state index contributed by atoms with van der Waals surface area (Å²) in [6.45, 7) is 4.16. The third-order valence-corrected chi connectivity index (χ3v) is 8.07. The number of allylic oxidation sites excluding steroid dienone is 2. The van der Waals surface area contributed by atoms with Gasteiger partial charge in [0, 0.05) is 24.7 Å². The highest BCUT2D eigenvalue weighted by Gasteiger charge is 2.46. The summed E-state index contributed by atoms with van der Waals surface area (Å²) in [5.74, 6) is -0.544. The number of halogens is 1. The predicted octanol–water partition coefficient (Wildman–Crippen LogP) is 4.40. The molecule has 7 heteroatoms. The zero-order valence-electron chi connectivity index (χ0n) is 20.7. The number of rotatable bonds is 4. The Kier molecular flexibility index (Phi) is 6.43.